The van der Waals surface area contributed by atoms with Gasteiger partial charge in [0.2, 0.25) is 12.0 Å². The molecule has 1 aromatic rings. The minimum Gasteiger partial charge on any atom is -0.504 e. The Balaban J connectivity index is 1.32. The van der Waals surface area contributed by atoms with Gasteiger partial charge in [-0.05, 0) is 19.1 Å². The number of benzene rings is 1. The first-order valence-corrected chi connectivity index (χ1v) is 12.2. The normalized spacial score (nSPS) is 27.8. The summed E-state index contributed by atoms with van der Waals surface area (Å²) in [6.07, 6.45) is -2.99. The molecule has 0 saturated carbocycles. The van der Waals surface area contributed by atoms with Crippen LogP contribution in [0.15, 0.2) is 17.3 Å². The number of hydrazine groups is 1. The van der Waals surface area contributed by atoms with Crippen molar-refractivity contribution in [2.24, 2.45) is 5.16 Å². The van der Waals surface area contributed by atoms with Crippen molar-refractivity contribution in [3.05, 3.63) is 22.7 Å². The lowest BCUT2D eigenvalue weighted by molar-refractivity contribution is -0.158. The van der Waals surface area contributed by atoms with E-state index in [0.29, 0.717) is 0 Å². The number of β-lactam (4-membered cyclic amide) rings is 1. The highest BCUT2D eigenvalue weighted by atomic mass is 35.5. The molecular formula is C19H19ClN4O11S. The van der Waals surface area contributed by atoms with Gasteiger partial charge >= 0.3 is 12.1 Å². The van der Waals surface area contributed by atoms with Crippen LogP contribution in [-0.2, 0) is 33.8 Å². The third kappa shape index (κ3) is 3.81. The van der Waals surface area contributed by atoms with E-state index in [0.717, 1.165) is 11.8 Å². The van der Waals surface area contributed by atoms with Gasteiger partial charge in [0, 0.05) is 12.0 Å². The number of aliphatic carboxylic acids is 1. The number of hydrogen-bond donors (Lipinski definition) is 5. The van der Waals surface area contributed by atoms with E-state index in [1.807, 2.05) is 10.9 Å². The summed E-state index contributed by atoms with van der Waals surface area (Å²) in [7, 11) is -4.18. The van der Waals surface area contributed by atoms with Gasteiger partial charge in [-0.2, -0.15) is 0 Å². The summed E-state index contributed by atoms with van der Waals surface area (Å²) in [4.78, 5) is 53.6. The Labute approximate surface area is 207 Å². The minimum atomic E-state index is -4.18. The molecule has 3 amide bonds. The molecule has 3 heterocycles. The number of oxime groups is 1. The Hall–Kier alpha value is -3.79. The van der Waals surface area contributed by atoms with Gasteiger partial charge in [0.1, 0.15) is 16.7 Å². The number of carboxylic acids is 1. The monoisotopic (exact) mass is 546 g/mol. The molecule has 17 heteroatoms. The molecule has 194 valence electrons. The highest BCUT2D eigenvalue weighted by Crippen LogP contribution is 2.46. The zero-order valence-corrected chi connectivity index (χ0v) is 19.9. The van der Waals surface area contributed by atoms with E-state index < -0.39 is 74.1 Å². The van der Waals surface area contributed by atoms with Crippen molar-refractivity contribution in [2.75, 3.05) is 6.61 Å². The average molecular weight is 547 g/mol. The number of carboxylic acid groups (broad SMARTS) is 1. The standard InChI is InChI=1S/C19H19ClN4O11S/c1-19(15(17(29)30)24-11(26)5-12(24)36(19,32)33)6-34-18(31)22-21-16(28)10-4-8(23-35-10)7-2-3-9(25)14(27)13(7)20/h2-3,10,12,15,25,27H,4-6H2,1H3,(H,21,28)(H,22,31)(H,29,30)/t10?,12-,15+,19+/m1/s1. The van der Waals surface area contributed by atoms with Crippen LogP contribution in [0.25, 0.3) is 0 Å². The summed E-state index contributed by atoms with van der Waals surface area (Å²) in [6, 6.07) is 0.778. The summed E-state index contributed by atoms with van der Waals surface area (Å²) in [5.41, 5.74) is 4.27. The summed E-state index contributed by atoms with van der Waals surface area (Å²) >= 11 is 5.97. The minimum absolute atomic E-state index is 0.117. The fraction of sp³-hybridized carbons (Fsp3) is 0.421. The Kier molecular flexibility index (Phi) is 6.12. The predicted octanol–water partition coefficient (Wildman–Crippen LogP) is -0.800. The molecule has 4 rings (SSSR count). The maximum atomic E-state index is 12.8. The lowest BCUT2D eigenvalue weighted by atomic mass is 9.97. The first kappa shape index (κ1) is 25.3. The summed E-state index contributed by atoms with van der Waals surface area (Å²) in [6.45, 7) is 0.167. The second-order valence-electron chi connectivity index (χ2n) is 8.38. The molecule has 3 aliphatic heterocycles. The Bertz CT molecular complexity index is 1320. The van der Waals surface area contributed by atoms with Gasteiger partial charge in [-0.15, -0.1) is 0 Å². The van der Waals surface area contributed by atoms with Gasteiger partial charge in [0.05, 0.1) is 17.2 Å². The summed E-state index contributed by atoms with van der Waals surface area (Å²) in [5.74, 6) is -4.11. The van der Waals surface area contributed by atoms with Crippen molar-refractivity contribution in [2.45, 2.75) is 42.0 Å². The Morgan fingerprint density at radius 1 is 1.28 bits per heavy atom. The molecule has 0 aromatic heterocycles. The van der Waals surface area contributed by atoms with Crippen molar-refractivity contribution < 1.29 is 52.5 Å². The van der Waals surface area contributed by atoms with E-state index in [2.05, 4.69) is 5.16 Å². The van der Waals surface area contributed by atoms with Gasteiger partial charge in [-0.3, -0.25) is 15.0 Å². The van der Waals surface area contributed by atoms with Gasteiger partial charge in [-0.1, -0.05) is 16.8 Å². The number of hydrogen-bond acceptors (Lipinski definition) is 11. The molecule has 2 saturated heterocycles. The first-order chi connectivity index (χ1) is 16.8. The van der Waals surface area contributed by atoms with Crippen LogP contribution in [0.4, 0.5) is 4.79 Å². The van der Waals surface area contributed by atoms with Gasteiger partial charge in [-0.25, -0.2) is 23.4 Å². The number of phenols is 2. The molecule has 0 spiro atoms. The van der Waals surface area contributed by atoms with Crippen LogP contribution in [0.5, 0.6) is 11.5 Å². The number of amides is 3. The van der Waals surface area contributed by atoms with Crippen molar-refractivity contribution >= 4 is 51.0 Å². The quantitative estimate of drug-likeness (QED) is 0.175. The largest absolute Gasteiger partial charge is 0.504 e. The third-order valence-electron chi connectivity index (χ3n) is 6.19. The first-order valence-electron chi connectivity index (χ1n) is 10.2. The maximum absolute atomic E-state index is 12.8. The topological polar surface area (TPSA) is 221 Å². The van der Waals surface area contributed by atoms with E-state index in [1.165, 1.54) is 12.1 Å². The van der Waals surface area contributed by atoms with E-state index >= 15 is 0 Å². The number of ether oxygens (including phenoxy) is 1. The molecule has 0 aliphatic carbocycles. The van der Waals surface area contributed by atoms with Crippen molar-refractivity contribution in [1.29, 1.82) is 0 Å². The molecule has 0 bridgehead atoms. The average Bonchev–Trinajstić information content (AvgIpc) is 3.35. The Morgan fingerprint density at radius 3 is 2.61 bits per heavy atom. The van der Waals surface area contributed by atoms with Crippen molar-refractivity contribution in [3.63, 3.8) is 0 Å². The van der Waals surface area contributed by atoms with Crippen LogP contribution >= 0.6 is 11.6 Å². The number of phenolic OH excluding ortho intramolecular Hbond substituents is 2. The SMILES string of the molecule is C[C@]1(COC(=O)NNC(=O)C2CC(c3ccc(O)c(O)c3Cl)=NO2)[C@H](C(=O)O)N2C(=O)C[C@H]2S1(=O)=O. The number of nitrogens with one attached hydrogen (secondary N) is 2. The molecule has 5 N–H and O–H groups in total. The molecule has 36 heavy (non-hydrogen) atoms. The van der Waals surface area contributed by atoms with E-state index in [1.54, 1.807) is 0 Å². The number of carbonyl (C=O) groups is 4. The fourth-order valence-corrected chi connectivity index (χ4v) is 6.70. The highest BCUT2D eigenvalue weighted by molar-refractivity contribution is 7.94. The Morgan fingerprint density at radius 2 is 1.97 bits per heavy atom. The molecule has 2 fully saturated rings. The number of nitrogens with zero attached hydrogens (tertiary/aromatic N) is 2. The molecule has 0 radical (unpaired) electrons. The van der Waals surface area contributed by atoms with E-state index in [-0.39, 0.29) is 29.1 Å². The maximum Gasteiger partial charge on any atom is 0.426 e. The van der Waals surface area contributed by atoms with Crippen LogP contribution in [0, 0.1) is 0 Å². The summed E-state index contributed by atoms with van der Waals surface area (Å²) < 4.78 is 28.3. The smallest absolute Gasteiger partial charge is 0.426 e. The number of sulfone groups is 1. The number of carbonyl (C=O) groups excluding carboxylic acids is 3. The van der Waals surface area contributed by atoms with Gasteiger partial charge < -0.3 is 29.8 Å². The molecule has 3 aliphatic rings. The van der Waals surface area contributed by atoms with Crippen LogP contribution < -0.4 is 10.9 Å². The molecule has 1 unspecified atom stereocenters. The van der Waals surface area contributed by atoms with Crippen LogP contribution in [0.2, 0.25) is 5.02 Å². The molecule has 1 aromatic carbocycles. The zero-order chi connectivity index (χ0) is 26.6. The number of fused-ring (bicyclic) bond motifs is 1. The van der Waals surface area contributed by atoms with Crippen molar-refractivity contribution in [3.8, 4) is 11.5 Å². The second-order valence-corrected chi connectivity index (χ2v) is 11.3. The van der Waals surface area contributed by atoms with Crippen LogP contribution in [0.1, 0.15) is 25.3 Å². The lowest BCUT2D eigenvalue weighted by Crippen LogP contribution is -2.58. The second kappa shape index (κ2) is 8.70. The van der Waals surface area contributed by atoms with E-state index in [9.17, 15) is 42.9 Å². The van der Waals surface area contributed by atoms with Gasteiger partial charge in [0.25, 0.3) is 5.91 Å². The van der Waals surface area contributed by atoms with Crippen molar-refractivity contribution in [1.82, 2.24) is 15.8 Å². The van der Waals surface area contributed by atoms with Crippen LogP contribution in [0.3, 0.4) is 0 Å². The highest BCUT2D eigenvalue weighted by Gasteiger charge is 2.70. The van der Waals surface area contributed by atoms with Crippen LogP contribution in [-0.4, -0.2) is 87.1 Å². The molecule has 15 nitrogen and oxygen atoms in total. The lowest BCUT2D eigenvalue weighted by Gasteiger charge is -2.35. The third-order valence-corrected chi connectivity index (χ3v) is 9.32. The number of aromatic hydroxyl groups is 2. The summed E-state index contributed by atoms with van der Waals surface area (Å²) in [5, 5.41) is 30.9. The number of halogens is 1. The predicted molar refractivity (Wildman–Crippen MR) is 117 cm³/mol. The fourth-order valence-electron chi connectivity index (χ4n) is 4.16. The van der Waals surface area contributed by atoms with Gasteiger partial charge in [0.15, 0.2) is 27.4 Å². The number of rotatable bonds is 5. The zero-order valence-electron chi connectivity index (χ0n) is 18.3. The van der Waals surface area contributed by atoms with E-state index in [4.69, 9.17) is 21.2 Å². The molecule has 4 atom stereocenters. The molecular weight excluding hydrogens is 528 g/mol.